The molecule has 0 aliphatic carbocycles. The van der Waals surface area contributed by atoms with Gasteiger partial charge in [-0.05, 0) is 165 Å². The van der Waals surface area contributed by atoms with E-state index in [-0.39, 0.29) is 17.2 Å². The Morgan fingerprint density at radius 2 is 0.804 bits per heavy atom. The van der Waals surface area contributed by atoms with Gasteiger partial charge in [0.25, 0.3) is 5.91 Å². The third-order valence-electron chi connectivity index (χ3n) is 13.2. The number of benzene rings is 8. The minimum atomic E-state index is -0.830. The number of aromatic nitrogens is 3. The molecule has 498 valence electrons. The van der Waals surface area contributed by atoms with E-state index in [4.69, 9.17) is 55.7 Å². The van der Waals surface area contributed by atoms with Crippen LogP contribution < -0.4 is 34.3 Å². The number of pyridine rings is 3. The molecule has 1 aliphatic rings. The Bertz CT molecular complexity index is 4200. The van der Waals surface area contributed by atoms with Crippen LogP contribution in [0.4, 0.5) is 4.79 Å². The molecule has 1 fully saturated rings. The molecule has 1 atom stereocenters. The number of aromatic hydroxyl groups is 3. The van der Waals surface area contributed by atoms with Crippen LogP contribution in [0, 0.1) is 27.7 Å². The summed E-state index contributed by atoms with van der Waals surface area (Å²) in [4.78, 5) is 56.1. The zero-order chi connectivity index (χ0) is 69.7. The first-order valence-electron chi connectivity index (χ1n) is 30.0. The van der Waals surface area contributed by atoms with E-state index in [0.29, 0.717) is 70.8 Å². The number of urea groups is 1. The number of halogens is 2. The van der Waals surface area contributed by atoms with Crippen molar-refractivity contribution < 1.29 is 63.3 Å². The second kappa shape index (κ2) is 40.7. The maximum atomic E-state index is 12.0. The first-order chi connectivity index (χ1) is 47.0. The van der Waals surface area contributed by atoms with Crippen molar-refractivity contribution >= 4 is 52.0 Å². The maximum Gasteiger partial charge on any atom is 0.322 e. The molecule has 4 heterocycles. The number of carbonyl (C=O) groups is 4. The summed E-state index contributed by atoms with van der Waals surface area (Å²) < 4.78 is 28.8. The summed E-state index contributed by atoms with van der Waals surface area (Å²) in [6, 6.07) is 63.5. The van der Waals surface area contributed by atoms with Gasteiger partial charge in [0.15, 0.2) is 12.6 Å². The van der Waals surface area contributed by atoms with Crippen molar-refractivity contribution in [2.24, 2.45) is 0 Å². The monoisotopic (exact) mass is 1390 g/mol. The van der Waals surface area contributed by atoms with Crippen LogP contribution in [0.1, 0.15) is 76.8 Å². The Hall–Kier alpha value is -11.4. The third kappa shape index (κ3) is 26.9. The lowest BCUT2D eigenvalue weighted by Crippen LogP contribution is -2.22. The van der Waals surface area contributed by atoms with Crippen molar-refractivity contribution in [2.75, 3.05) is 7.11 Å². The minimum absolute atomic E-state index is 0.169. The maximum absolute atomic E-state index is 12.0. The number of imide groups is 1. The Kier molecular flexibility index (Phi) is 31.3. The molecule has 0 radical (unpaired) electrons. The van der Waals surface area contributed by atoms with Crippen molar-refractivity contribution in [2.45, 2.75) is 58.9 Å². The van der Waals surface area contributed by atoms with E-state index >= 15 is 0 Å². The second-order valence-electron chi connectivity index (χ2n) is 21.0. The van der Waals surface area contributed by atoms with E-state index in [1.165, 1.54) is 76.9 Å². The van der Waals surface area contributed by atoms with Crippen LogP contribution in [0.15, 0.2) is 250 Å². The van der Waals surface area contributed by atoms with Crippen LogP contribution in [-0.4, -0.2) is 67.0 Å². The van der Waals surface area contributed by atoms with Crippen LogP contribution in [0.3, 0.4) is 0 Å². The summed E-state index contributed by atoms with van der Waals surface area (Å²) in [6.45, 7) is 9.81. The number of phenolic OH excluding ortho intramolecular Hbond substituents is 3. The number of amides is 3. The number of aliphatic hydroxyl groups is 1. The quantitative estimate of drug-likeness (QED) is 0.0214. The minimum Gasteiger partial charge on any atom is -0.508 e. The van der Waals surface area contributed by atoms with Crippen molar-refractivity contribution in [3.63, 3.8) is 0 Å². The largest absolute Gasteiger partial charge is 0.508 e. The van der Waals surface area contributed by atoms with Gasteiger partial charge in [0, 0.05) is 55.2 Å². The summed E-state index contributed by atoms with van der Waals surface area (Å²) in [7, 11) is 1.00. The molecule has 0 spiro atoms. The molecule has 3 aromatic heterocycles. The molecule has 20 heteroatoms. The van der Waals surface area contributed by atoms with Crippen molar-refractivity contribution in [3.05, 3.63) is 316 Å². The van der Waals surface area contributed by atoms with Gasteiger partial charge >= 0.3 is 6.03 Å². The van der Waals surface area contributed by atoms with Crippen LogP contribution >= 0.6 is 27.5 Å². The topological polar surface area (TPSA) is 258 Å². The van der Waals surface area contributed by atoms with Gasteiger partial charge in [0.05, 0.1) is 16.1 Å². The number of aldehydes is 2. The molecular weight excluding hydrogens is 1320 g/mol. The number of hydrogen-bond acceptors (Lipinski definition) is 16. The number of hydrogen-bond donors (Lipinski definition) is 6. The lowest BCUT2D eigenvalue weighted by atomic mass is 10.1. The fourth-order valence-electron chi connectivity index (χ4n) is 8.55. The summed E-state index contributed by atoms with van der Waals surface area (Å²) in [6.07, 6.45) is 10.5. The molecule has 97 heavy (non-hydrogen) atoms. The number of aliphatic hydroxyl groups excluding tert-OH is 1. The van der Waals surface area contributed by atoms with Crippen LogP contribution in [-0.2, 0) is 29.9 Å². The average Bonchev–Trinajstić information content (AvgIpc) is 1.73. The molecular formula is C77H73BrClN5O13. The van der Waals surface area contributed by atoms with Crippen LogP contribution in [0.5, 0.6) is 57.5 Å². The summed E-state index contributed by atoms with van der Waals surface area (Å²) >= 11 is 8.94. The number of ether oxygens (including phenoxy) is 5. The number of nitrogens with one attached hydrogen (secondary N) is 2. The van der Waals surface area contributed by atoms with Gasteiger partial charge in [0.2, 0.25) is 0 Å². The molecule has 1 aliphatic heterocycles. The highest BCUT2D eigenvalue weighted by Crippen LogP contribution is 2.32. The Balaban J connectivity index is 0.000000195. The van der Waals surface area contributed by atoms with Crippen LogP contribution in [0.2, 0.25) is 5.02 Å². The van der Waals surface area contributed by atoms with Crippen molar-refractivity contribution in [1.29, 1.82) is 0 Å². The molecule has 12 rings (SSSR count). The molecule has 0 saturated carbocycles. The fourth-order valence-corrected chi connectivity index (χ4v) is 9.05. The van der Waals surface area contributed by atoms with E-state index in [0.717, 1.165) is 52.7 Å². The van der Waals surface area contributed by atoms with E-state index in [9.17, 15) is 19.2 Å². The summed E-state index contributed by atoms with van der Waals surface area (Å²) in [5.74, 6) is 4.52. The fraction of sp³-hybridized carbons (Fsp3) is 0.130. The van der Waals surface area contributed by atoms with Gasteiger partial charge in [-0.1, -0.05) is 147 Å². The van der Waals surface area contributed by atoms with Gasteiger partial charge in [-0.15, -0.1) is 0 Å². The molecule has 3 amide bonds. The molecule has 11 aromatic rings. The molecule has 18 nitrogen and oxygen atoms in total. The standard InChI is InChI=1S/C22H19N3O4.C20H17NO3.C14H14O2.C8H9Br.C6H4ClNO.C6H6O2.CH4O/c1-14-3-2-4-15(11-14)13-28-16-5-7-17(8-6-16)29-19-9-10-23-12-18(19)20-21(26)25-22(27)24-20;1-15-3-2-4-16(11-15)14-23-18-5-7-19(8-6-18)24-20-9-10-21-12-17(20)13-22;1-11-3-2-4-12(9-11)10-16-14-7-5-13(15)6-8-14;1-7-3-2-4-8(5-7)6-9;7-6-1-2-8-3-5(6)4-9;7-5-1-2-6(8)4-3-5;1-2/h2-12,20H,13H2,1H3,(H2,24,25,26,27);2-13H,14H2,1H3;2-9,15H,10H2,1H3;2-5H,6H2,1H3;1-4H;1-4,7-8H;2H,1H3. The number of phenols is 3. The van der Waals surface area contributed by atoms with E-state index in [1.54, 1.807) is 79.1 Å². The van der Waals surface area contributed by atoms with Crippen molar-refractivity contribution in [3.8, 4) is 57.5 Å². The summed E-state index contributed by atoms with van der Waals surface area (Å²) in [5.41, 5.74) is 11.0. The number of rotatable bonds is 17. The van der Waals surface area contributed by atoms with Crippen molar-refractivity contribution in [1.82, 2.24) is 25.6 Å². The lowest BCUT2D eigenvalue weighted by Gasteiger charge is -2.14. The first kappa shape index (κ1) is 74.7. The number of nitrogens with zero attached hydrogens (tertiary/aromatic N) is 3. The van der Waals surface area contributed by atoms with E-state index < -0.39 is 18.0 Å². The van der Waals surface area contributed by atoms with Gasteiger partial charge in [-0.2, -0.15) is 0 Å². The average molecular weight is 1390 g/mol. The van der Waals surface area contributed by atoms with Gasteiger partial charge in [-0.3, -0.25) is 34.7 Å². The lowest BCUT2D eigenvalue weighted by molar-refractivity contribution is -0.120. The normalized spacial score (nSPS) is 11.4. The van der Waals surface area contributed by atoms with Gasteiger partial charge in [-0.25, -0.2) is 4.79 Å². The highest BCUT2D eigenvalue weighted by Gasteiger charge is 2.33. The predicted molar refractivity (Wildman–Crippen MR) is 377 cm³/mol. The number of alkyl halides is 1. The first-order valence-corrected chi connectivity index (χ1v) is 31.5. The van der Waals surface area contributed by atoms with E-state index in [1.807, 2.05) is 73.7 Å². The number of aryl methyl sites for hydroxylation is 4. The molecule has 6 N–H and O–H groups in total. The second-order valence-corrected chi connectivity index (χ2v) is 21.9. The molecule has 8 aromatic carbocycles. The number of carbonyl (C=O) groups excluding carboxylic acids is 4. The third-order valence-corrected chi connectivity index (χ3v) is 14.2. The zero-order valence-electron chi connectivity index (χ0n) is 53.8. The van der Waals surface area contributed by atoms with Gasteiger partial charge in [0.1, 0.15) is 83.4 Å². The smallest absolute Gasteiger partial charge is 0.322 e. The Morgan fingerprint density at radius 3 is 1.18 bits per heavy atom. The zero-order valence-corrected chi connectivity index (χ0v) is 56.1. The van der Waals surface area contributed by atoms with Crippen LogP contribution in [0.25, 0.3) is 0 Å². The Morgan fingerprint density at radius 1 is 0.454 bits per heavy atom. The molecule has 1 saturated heterocycles. The van der Waals surface area contributed by atoms with E-state index in [2.05, 4.69) is 117 Å². The van der Waals surface area contributed by atoms with Gasteiger partial charge < -0.3 is 49.4 Å². The summed E-state index contributed by atoms with van der Waals surface area (Å²) in [5, 5.41) is 39.6. The highest BCUT2D eigenvalue weighted by atomic mass is 79.9. The highest BCUT2D eigenvalue weighted by molar-refractivity contribution is 9.08. The SMILES string of the molecule is CO.Cc1cccc(CBr)c1.Cc1cccc(COc2ccc(O)cc2)c1.Cc1cccc(COc2ccc(Oc3ccncc3C3NC(=O)NC3=O)cc2)c1.Cc1cccc(COc2ccc(Oc3ccncc3C=O)cc2)c1.O=Cc1cnccc1Cl.Oc1ccc(O)cc1. The Labute approximate surface area is 576 Å². The molecule has 1 unspecified atom stereocenters. The molecule has 0 bridgehead atoms. The predicted octanol–water partition coefficient (Wildman–Crippen LogP) is 16.6.